The molecule has 3 heteroatoms. The Morgan fingerprint density at radius 3 is 2.79 bits per heavy atom. The average Bonchev–Trinajstić information content (AvgIpc) is 2.97. The fourth-order valence-corrected chi connectivity index (χ4v) is 6.53. The van der Waals surface area contributed by atoms with Crippen LogP contribution in [0.25, 0.3) is 0 Å². The fourth-order valence-electron chi connectivity index (χ4n) is 6.53. The van der Waals surface area contributed by atoms with Crippen molar-refractivity contribution in [3.63, 3.8) is 0 Å². The third-order valence-corrected chi connectivity index (χ3v) is 7.47. The lowest BCUT2D eigenvalue weighted by Gasteiger charge is -2.50. The van der Waals surface area contributed by atoms with Gasteiger partial charge >= 0.3 is 0 Å². The lowest BCUT2D eigenvalue weighted by atomic mass is 9.55. The minimum absolute atomic E-state index is 0.258. The Hall–Kier alpha value is -1.06. The van der Waals surface area contributed by atoms with Gasteiger partial charge in [0.2, 0.25) is 0 Å². The van der Waals surface area contributed by atoms with Crippen LogP contribution < -0.4 is 0 Å². The van der Waals surface area contributed by atoms with Crippen molar-refractivity contribution in [3.05, 3.63) is 29.3 Å². The second-order valence-corrected chi connectivity index (χ2v) is 9.17. The molecule has 0 unspecified atom stereocenters. The first-order valence-corrected chi connectivity index (χ1v) is 9.55. The number of phenolic OH excluding ortho intramolecular Hbond substituents is 1. The second kappa shape index (κ2) is 4.76. The maximum Gasteiger partial charge on any atom is 0.163 e. The highest BCUT2D eigenvalue weighted by Gasteiger charge is 2.63. The summed E-state index contributed by atoms with van der Waals surface area (Å²) in [5.74, 6) is 2.08. The van der Waals surface area contributed by atoms with Gasteiger partial charge in [-0.2, -0.15) is 0 Å². The maximum atomic E-state index is 9.80. The van der Waals surface area contributed by atoms with Crippen molar-refractivity contribution >= 4 is 0 Å². The molecule has 5 rings (SSSR count). The Balaban J connectivity index is 1.48. The quantitative estimate of drug-likeness (QED) is 0.768. The molecule has 2 saturated carbocycles. The van der Waals surface area contributed by atoms with Gasteiger partial charge in [-0.1, -0.05) is 13.0 Å². The zero-order chi connectivity index (χ0) is 16.7. The lowest BCUT2D eigenvalue weighted by molar-refractivity contribution is -0.178. The van der Waals surface area contributed by atoms with Crippen LogP contribution in [0.3, 0.4) is 0 Å². The average molecular weight is 328 g/mol. The molecule has 1 aliphatic heterocycles. The number of hydrogen-bond donors (Lipinski definition) is 1. The van der Waals surface area contributed by atoms with Crippen molar-refractivity contribution in [3.8, 4) is 5.75 Å². The number of phenols is 1. The predicted molar refractivity (Wildman–Crippen MR) is 91.9 cm³/mol. The van der Waals surface area contributed by atoms with Crippen molar-refractivity contribution in [2.24, 2.45) is 17.3 Å². The zero-order valence-corrected chi connectivity index (χ0v) is 14.9. The smallest absolute Gasteiger partial charge is 0.163 e. The summed E-state index contributed by atoms with van der Waals surface area (Å²) in [5.41, 5.74) is 3.12. The van der Waals surface area contributed by atoms with Crippen LogP contribution in [-0.2, 0) is 15.9 Å². The summed E-state index contributed by atoms with van der Waals surface area (Å²) in [6.45, 7) is 6.56. The molecule has 1 heterocycles. The Morgan fingerprint density at radius 2 is 1.96 bits per heavy atom. The molecule has 1 saturated heterocycles. The van der Waals surface area contributed by atoms with Crippen molar-refractivity contribution < 1.29 is 14.6 Å². The topological polar surface area (TPSA) is 38.7 Å². The van der Waals surface area contributed by atoms with Gasteiger partial charge in [0.25, 0.3) is 0 Å². The van der Waals surface area contributed by atoms with Gasteiger partial charge in [-0.05, 0) is 92.4 Å². The highest BCUT2D eigenvalue weighted by molar-refractivity contribution is 5.40. The van der Waals surface area contributed by atoms with E-state index in [1.807, 2.05) is 12.1 Å². The molecule has 4 aliphatic rings. The number of benzene rings is 1. The summed E-state index contributed by atoms with van der Waals surface area (Å²) < 4.78 is 12.6. The molecule has 0 spiro atoms. The minimum Gasteiger partial charge on any atom is -0.508 e. The number of aryl methyl sites for hydroxylation is 1. The van der Waals surface area contributed by atoms with E-state index in [9.17, 15) is 5.11 Å². The summed E-state index contributed by atoms with van der Waals surface area (Å²) in [6, 6.07) is 6.03. The molecule has 6 atom stereocenters. The second-order valence-electron chi connectivity index (χ2n) is 9.17. The summed E-state index contributed by atoms with van der Waals surface area (Å²) in [6.07, 6.45) is 6.49. The molecule has 1 N–H and O–H groups in total. The molecule has 3 nitrogen and oxygen atoms in total. The molecule has 24 heavy (non-hydrogen) atoms. The van der Waals surface area contributed by atoms with Gasteiger partial charge in [-0.15, -0.1) is 0 Å². The van der Waals surface area contributed by atoms with E-state index >= 15 is 0 Å². The standard InChI is InChI=1S/C21H28O3/c1-20(2)23-18-11-17-16-6-4-12-10-13(22)5-7-14(12)15(16)8-9-21(17,3)19(18)24-20/h5,7,10,15-19,22H,4,6,8-9,11H2,1-3H3/t15-,16-,17+,18-,19+,21+/m1/s1. The molecule has 0 aromatic heterocycles. The Labute approximate surface area is 144 Å². The van der Waals surface area contributed by atoms with Crippen LogP contribution in [-0.4, -0.2) is 23.1 Å². The normalized spacial score (nSPS) is 45.2. The molecule has 0 bridgehead atoms. The van der Waals surface area contributed by atoms with Crippen molar-refractivity contribution in [1.29, 1.82) is 0 Å². The zero-order valence-electron chi connectivity index (χ0n) is 14.9. The molecule has 1 aromatic rings. The molecular weight excluding hydrogens is 300 g/mol. The molecule has 3 fully saturated rings. The fraction of sp³-hybridized carbons (Fsp3) is 0.714. The molecule has 0 radical (unpaired) electrons. The summed E-state index contributed by atoms with van der Waals surface area (Å²) in [7, 11) is 0. The van der Waals surface area contributed by atoms with Crippen LogP contribution in [0, 0.1) is 17.3 Å². The van der Waals surface area contributed by atoms with E-state index in [0.717, 1.165) is 18.8 Å². The van der Waals surface area contributed by atoms with Crippen LogP contribution in [0.1, 0.15) is 63.5 Å². The van der Waals surface area contributed by atoms with E-state index in [-0.39, 0.29) is 17.6 Å². The molecule has 1 aromatic carbocycles. The van der Waals surface area contributed by atoms with E-state index < -0.39 is 5.79 Å². The van der Waals surface area contributed by atoms with Gasteiger partial charge in [0, 0.05) is 0 Å². The minimum atomic E-state index is -0.420. The van der Waals surface area contributed by atoms with Crippen molar-refractivity contribution in [2.75, 3.05) is 0 Å². The first-order valence-electron chi connectivity index (χ1n) is 9.55. The van der Waals surface area contributed by atoms with Crippen LogP contribution in [0.5, 0.6) is 5.75 Å². The maximum absolute atomic E-state index is 9.80. The van der Waals surface area contributed by atoms with Gasteiger partial charge in [0.15, 0.2) is 5.79 Å². The van der Waals surface area contributed by atoms with Gasteiger partial charge in [-0.25, -0.2) is 0 Å². The first-order chi connectivity index (χ1) is 11.4. The molecular formula is C21H28O3. The van der Waals surface area contributed by atoms with E-state index in [1.54, 1.807) is 0 Å². The van der Waals surface area contributed by atoms with Crippen LogP contribution in [0.4, 0.5) is 0 Å². The van der Waals surface area contributed by atoms with Gasteiger partial charge in [0.1, 0.15) is 5.75 Å². The van der Waals surface area contributed by atoms with E-state index in [4.69, 9.17) is 9.47 Å². The van der Waals surface area contributed by atoms with Crippen LogP contribution >= 0.6 is 0 Å². The lowest BCUT2D eigenvalue weighted by Crippen LogP contribution is -2.45. The number of hydrogen-bond acceptors (Lipinski definition) is 3. The first kappa shape index (κ1) is 15.2. The molecule has 0 amide bonds. The third kappa shape index (κ3) is 1.97. The van der Waals surface area contributed by atoms with Crippen molar-refractivity contribution in [1.82, 2.24) is 0 Å². The Kier molecular flexibility index (Phi) is 3.02. The van der Waals surface area contributed by atoms with E-state index in [0.29, 0.717) is 17.6 Å². The van der Waals surface area contributed by atoms with Crippen LogP contribution in [0.2, 0.25) is 0 Å². The highest BCUT2D eigenvalue weighted by atomic mass is 16.8. The highest BCUT2D eigenvalue weighted by Crippen LogP contribution is 2.64. The largest absolute Gasteiger partial charge is 0.508 e. The number of aromatic hydroxyl groups is 1. The van der Waals surface area contributed by atoms with Crippen molar-refractivity contribution in [2.45, 2.75) is 76.8 Å². The van der Waals surface area contributed by atoms with E-state index in [1.165, 1.54) is 30.4 Å². The third-order valence-electron chi connectivity index (χ3n) is 7.47. The van der Waals surface area contributed by atoms with Gasteiger partial charge in [0.05, 0.1) is 12.2 Å². The molecule has 3 aliphatic carbocycles. The summed E-state index contributed by atoms with van der Waals surface area (Å²) in [4.78, 5) is 0. The van der Waals surface area contributed by atoms with Crippen LogP contribution in [0.15, 0.2) is 18.2 Å². The number of rotatable bonds is 0. The number of ether oxygens (including phenoxy) is 2. The Morgan fingerprint density at radius 1 is 1.12 bits per heavy atom. The van der Waals surface area contributed by atoms with Gasteiger partial charge < -0.3 is 14.6 Å². The predicted octanol–water partition coefficient (Wildman–Crippen LogP) is 4.38. The molecule has 130 valence electrons. The summed E-state index contributed by atoms with van der Waals surface area (Å²) >= 11 is 0. The monoisotopic (exact) mass is 328 g/mol. The Bertz CT molecular complexity index is 682. The summed E-state index contributed by atoms with van der Waals surface area (Å²) in [5, 5.41) is 9.80. The SMILES string of the molecule is CC1(C)O[C@@H]2C[C@H]3[C@@H]4CCc5cc(O)ccc5[C@H]4CC[C@]3(C)[C@H]2O1. The van der Waals surface area contributed by atoms with E-state index in [2.05, 4.69) is 26.8 Å². The van der Waals surface area contributed by atoms with Gasteiger partial charge in [-0.3, -0.25) is 0 Å². The number of fused-ring (bicyclic) bond motifs is 7.